The number of aryl methyl sites for hydroxylation is 1. The molecule has 1 unspecified atom stereocenters. The number of rotatable bonds is 6. The third-order valence-corrected chi connectivity index (χ3v) is 6.18. The highest BCUT2D eigenvalue weighted by molar-refractivity contribution is 7.88. The van der Waals surface area contributed by atoms with E-state index in [0.29, 0.717) is 6.42 Å². The lowest BCUT2D eigenvalue weighted by Crippen LogP contribution is -2.45. The standard InChI is InChI=1S/C22H28N2O4S/c1-16-9-11-17(12-10-16)14-24(29(4,26)27)15-21(25)23-19-13-22(2,3)28-20-8-6-5-7-18(19)20/h5-12,19H,13-15H2,1-4H3,(H,23,25). The summed E-state index contributed by atoms with van der Waals surface area (Å²) in [5, 5.41) is 3.00. The molecular formula is C22H28N2O4S. The largest absolute Gasteiger partial charge is 0.487 e. The molecule has 1 atom stereocenters. The van der Waals surface area contributed by atoms with Crippen LogP contribution in [-0.4, -0.2) is 37.0 Å². The number of hydrogen-bond acceptors (Lipinski definition) is 4. The van der Waals surface area contributed by atoms with Gasteiger partial charge >= 0.3 is 0 Å². The highest BCUT2D eigenvalue weighted by Crippen LogP contribution is 2.39. The van der Waals surface area contributed by atoms with Crippen LogP contribution in [0, 0.1) is 6.92 Å². The van der Waals surface area contributed by atoms with Gasteiger partial charge in [0.1, 0.15) is 11.4 Å². The van der Waals surface area contributed by atoms with Crippen LogP contribution in [0.2, 0.25) is 0 Å². The molecule has 2 aromatic carbocycles. The van der Waals surface area contributed by atoms with Gasteiger partial charge in [0, 0.05) is 18.5 Å². The third-order valence-electron chi connectivity index (χ3n) is 4.98. The molecule has 156 valence electrons. The summed E-state index contributed by atoms with van der Waals surface area (Å²) < 4.78 is 31.7. The van der Waals surface area contributed by atoms with Crippen molar-refractivity contribution in [1.82, 2.24) is 9.62 Å². The smallest absolute Gasteiger partial charge is 0.235 e. The second-order valence-corrected chi connectivity index (χ2v) is 10.2. The first-order valence-corrected chi connectivity index (χ1v) is 11.5. The Balaban J connectivity index is 1.74. The zero-order valence-corrected chi connectivity index (χ0v) is 18.1. The number of carbonyl (C=O) groups excluding carboxylic acids is 1. The summed E-state index contributed by atoms with van der Waals surface area (Å²) in [6.07, 6.45) is 1.73. The molecule has 0 saturated heterocycles. The number of para-hydroxylation sites is 1. The first kappa shape index (κ1) is 21.3. The topological polar surface area (TPSA) is 75.7 Å². The predicted octanol–water partition coefficient (Wildman–Crippen LogP) is 3.18. The third kappa shape index (κ3) is 5.58. The van der Waals surface area contributed by atoms with Crippen LogP contribution in [0.15, 0.2) is 48.5 Å². The van der Waals surface area contributed by atoms with Gasteiger partial charge < -0.3 is 10.1 Å². The molecule has 1 aliphatic heterocycles. The molecule has 0 aromatic heterocycles. The van der Waals surface area contributed by atoms with E-state index < -0.39 is 15.6 Å². The van der Waals surface area contributed by atoms with Crippen molar-refractivity contribution in [2.45, 2.75) is 45.4 Å². The molecule has 0 spiro atoms. The molecule has 0 bridgehead atoms. The Labute approximate surface area is 172 Å². The summed E-state index contributed by atoms with van der Waals surface area (Å²) in [4.78, 5) is 12.8. The van der Waals surface area contributed by atoms with E-state index in [-0.39, 0.29) is 25.0 Å². The van der Waals surface area contributed by atoms with Gasteiger partial charge in [0.2, 0.25) is 15.9 Å². The monoisotopic (exact) mass is 416 g/mol. The number of carbonyl (C=O) groups is 1. The molecule has 2 aromatic rings. The van der Waals surface area contributed by atoms with Gasteiger partial charge in [0.05, 0.1) is 18.8 Å². The number of amides is 1. The van der Waals surface area contributed by atoms with Crippen molar-refractivity contribution in [3.05, 3.63) is 65.2 Å². The summed E-state index contributed by atoms with van der Waals surface area (Å²) in [6.45, 7) is 5.85. The maximum absolute atomic E-state index is 12.8. The molecule has 6 nitrogen and oxygen atoms in total. The van der Waals surface area contributed by atoms with Crippen LogP contribution >= 0.6 is 0 Å². The van der Waals surface area contributed by atoms with Gasteiger partial charge in [-0.15, -0.1) is 0 Å². The van der Waals surface area contributed by atoms with E-state index in [9.17, 15) is 13.2 Å². The SMILES string of the molecule is Cc1ccc(CN(CC(=O)NC2CC(C)(C)Oc3ccccc32)S(C)(=O)=O)cc1. The van der Waals surface area contributed by atoms with Gasteiger partial charge in [0.15, 0.2) is 0 Å². The highest BCUT2D eigenvalue weighted by Gasteiger charge is 2.34. The van der Waals surface area contributed by atoms with E-state index in [0.717, 1.165) is 28.7 Å². The molecule has 1 N–H and O–H groups in total. The predicted molar refractivity (Wildman–Crippen MR) is 113 cm³/mol. The lowest BCUT2D eigenvalue weighted by atomic mass is 9.89. The lowest BCUT2D eigenvalue weighted by Gasteiger charge is -2.38. The van der Waals surface area contributed by atoms with E-state index in [4.69, 9.17) is 4.74 Å². The Bertz CT molecular complexity index is 984. The van der Waals surface area contributed by atoms with Crippen molar-refractivity contribution in [3.8, 4) is 5.75 Å². The van der Waals surface area contributed by atoms with Gasteiger partial charge in [-0.05, 0) is 32.4 Å². The molecule has 7 heteroatoms. The molecule has 1 amide bonds. The molecular weight excluding hydrogens is 388 g/mol. The molecule has 1 aliphatic rings. The van der Waals surface area contributed by atoms with Gasteiger partial charge in [-0.2, -0.15) is 4.31 Å². The number of benzene rings is 2. The fourth-order valence-electron chi connectivity index (χ4n) is 3.52. The molecule has 29 heavy (non-hydrogen) atoms. The maximum Gasteiger partial charge on any atom is 0.235 e. The van der Waals surface area contributed by atoms with Crippen molar-refractivity contribution in [1.29, 1.82) is 0 Å². The van der Waals surface area contributed by atoms with Crippen molar-refractivity contribution in [2.75, 3.05) is 12.8 Å². The molecule has 1 heterocycles. The Morgan fingerprint density at radius 1 is 1.17 bits per heavy atom. The summed E-state index contributed by atoms with van der Waals surface area (Å²) in [5.74, 6) is 0.411. The molecule has 0 fully saturated rings. The van der Waals surface area contributed by atoms with Gasteiger partial charge in [0.25, 0.3) is 0 Å². The average Bonchev–Trinajstić information content (AvgIpc) is 2.61. The molecule has 3 rings (SSSR count). The highest BCUT2D eigenvalue weighted by atomic mass is 32.2. The van der Waals surface area contributed by atoms with Crippen molar-refractivity contribution in [3.63, 3.8) is 0 Å². The van der Waals surface area contributed by atoms with Crippen LogP contribution in [0.25, 0.3) is 0 Å². The number of nitrogens with zero attached hydrogens (tertiary/aromatic N) is 1. The number of sulfonamides is 1. The molecule has 0 radical (unpaired) electrons. The van der Waals surface area contributed by atoms with E-state index in [2.05, 4.69) is 5.32 Å². The van der Waals surface area contributed by atoms with Gasteiger partial charge in [-0.3, -0.25) is 4.79 Å². The van der Waals surface area contributed by atoms with Crippen LogP contribution in [0.5, 0.6) is 5.75 Å². The Hall–Kier alpha value is -2.38. The van der Waals surface area contributed by atoms with Crippen LogP contribution < -0.4 is 10.1 Å². The minimum Gasteiger partial charge on any atom is -0.487 e. The zero-order chi connectivity index (χ0) is 21.2. The second-order valence-electron chi connectivity index (χ2n) is 8.24. The zero-order valence-electron chi connectivity index (χ0n) is 17.3. The minimum absolute atomic E-state index is 0.155. The average molecular weight is 417 g/mol. The lowest BCUT2D eigenvalue weighted by molar-refractivity contribution is -0.122. The van der Waals surface area contributed by atoms with E-state index in [1.807, 2.05) is 69.3 Å². The van der Waals surface area contributed by atoms with Crippen LogP contribution in [0.4, 0.5) is 0 Å². The first-order valence-electron chi connectivity index (χ1n) is 9.61. The number of nitrogens with one attached hydrogen (secondary N) is 1. The second kappa shape index (κ2) is 8.16. The Morgan fingerprint density at radius 3 is 2.48 bits per heavy atom. The fraction of sp³-hybridized carbons (Fsp3) is 0.409. The summed E-state index contributed by atoms with van der Waals surface area (Å²) in [7, 11) is -3.54. The minimum atomic E-state index is -3.54. The van der Waals surface area contributed by atoms with Crippen molar-refractivity contribution < 1.29 is 17.9 Å². The van der Waals surface area contributed by atoms with E-state index >= 15 is 0 Å². The van der Waals surface area contributed by atoms with Crippen LogP contribution in [0.3, 0.4) is 0 Å². The normalized spacial score (nSPS) is 18.0. The summed E-state index contributed by atoms with van der Waals surface area (Å²) >= 11 is 0. The first-order chi connectivity index (χ1) is 13.5. The van der Waals surface area contributed by atoms with Gasteiger partial charge in [-0.25, -0.2) is 8.42 Å². The van der Waals surface area contributed by atoms with Crippen molar-refractivity contribution >= 4 is 15.9 Å². The van der Waals surface area contributed by atoms with Crippen LogP contribution in [-0.2, 0) is 21.4 Å². The number of ether oxygens (including phenoxy) is 1. The fourth-order valence-corrected chi connectivity index (χ4v) is 4.25. The molecule has 0 saturated carbocycles. The summed E-state index contributed by atoms with van der Waals surface area (Å²) in [6, 6.07) is 15.0. The van der Waals surface area contributed by atoms with E-state index in [1.165, 1.54) is 4.31 Å². The number of fused-ring (bicyclic) bond motifs is 1. The Kier molecular flexibility index (Phi) is 6.00. The quantitative estimate of drug-likeness (QED) is 0.785. The van der Waals surface area contributed by atoms with Gasteiger partial charge in [-0.1, -0.05) is 48.0 Å². The summed E-state index contributed by atoms with van der Waals surface area (Å²) in [5.41, 5.74) is 2.42. The Morgan fingerprint density at radius 2 is 1.83 bits per heavy atom. The van der Waals surface area contributed by atoms with Crippen LogP contribution in [0.1, 0.15) is 43.0 Å². The van der Waals surface area contributed by atoms with Crippen molar-refractivity contribution in [2.24, 2.45) is 0 Å². The number of hydrogen-bond donors (Lipinski definition) is 1. The molecule has 0 aliphatic carbocycles. The van der Waals surface area contributed by atoms with E-state index in [1.54, 1.807) is 0 Å². The maximum atomic E-state index is 12.8.